The van der Waals surface area contributed by atoms with Crippen LogP contribution in [0.1, 0.15) is 33.3 Å². The van der Waals surface area contributed by atoms with Crippen molar-refractivity contribution in [1.29, 1.82) is 0 Å². The Hall–Kier alpha value is -2.39. The number of sulfonamides is 1. The summed E-state index contributed by atoms with van der Waals surface area (Å²) in [6, 6.07) is 15.3. The Balaban J connectivity index is 2.39. The molecule has 0 aliphatic carbocycles. The number of anilines is 1. The lowest BCUT2D eigenvalue weighted by Gasteiger charge is -2.33. The fraction of sp³-hybridized carbons (Fsp3) is 0.391. The molecule has 0 radical (unpaired) electrons. The highest BCUT2D eigenvalue weighted by molar-refractivity contribution is 9.10. The molecule has 174 valence electrons. The van der Waals surface area contributed by atoms with Gasteiger partial charge in [-0.2, -0.15) is 0 Å². The third kappa shape index (κ3) is 7.34. The smallest absolute Gasteiger partial charge is 0.244 e. The molecule has 0 aromatic heterocycles. The normalized spacial score (nSPS) is 12.7. The van der Waals surface area contributed by atoms with Gasteiger partial charge in [0.05, 0.1) is 11.9 Å². The topological polar surface area (TPSA) is 86.8 Å². The third-order valence-electron chi connectivity index (χ3n) is 4.66. The van der Waals surface area contributed by atoms with Crippen molar-refractivity contribution < 1.29 is 18.0 Å². The predicted octanol–water partition coefficient (Wildman–Crippen LogP) is 3.55. The minimum atomic E-state index is -3.76. The van der Waals surface area contributed by atoms with Gasteiger partial charge in [-0.25, -0.2) is 8.42 Å². The lowest BCUT2D eigenvalue weighted by Crippen LogP contribution is -2.54. The Morgan fingerprint density at radius 3 is 2.12 bits per heavy atom. The van der Waals surface area contributed by atoms with Crippen LogP contribution >= 0.6 is 15.9 Å². The van der Waals surface area contributed by atoms with Gasteiger partial charge in [-0.15, -0.1) is 0 Å². The first-order valence-corrected chi connectivity index (χ1v) is 12.8. The lowest BCUT2D eigenvalue weighted by atomic mass is 10.1. The summed E-state index contributed by atoms with van der Waals surface area (Å²) < 4.78 is 26.7. The van der Waals surface area contributed by atoms with Crippen LogP contribution < -0.4 is 9.62 Å². The number of rotatable bonds is 8. The molecule has 1 N–H and O–H groups in total. The van der Waals surface area contributed by atoms with Crippen LogP contribution in [0.25, 0.3) is 0 Å². The second-order valence-electron chi connectivity index (χ2n) is 8.64. The zero-order valence-electron chi connectivity index (χ0n) is 19.0. The first-order valence-electron chi connectivity index (χ1n) is 10.2. The van der Waals surface area contributed by atoms with Gasteiger partial charge in [-0.1, -0.05) is 42.5 Å². The van der Waals surface area contributed by atoms with E-state index in [0.717, 1.165) is 16.1 Å². The van der Waals surface area contributed by atoms with Gasteiger partial charge in [-0.3, -0.25) is 13.9 Å². The molecule has 2 aromatic carbocycles. The zero-order chi connectivity index (χ0) is 24.1. The summed E-state index contributed by atoms with van der Waals surface area (Å²) in [4.78, 5) is 27.7. The highest BCUT2D eigenvalue weighted by atomic mass is 79.9. The lowest BCUT2D eigenvalue weighted by molar-refractivity contribution is -0.140. The maximum absolute atomic E-state index is 13.4. The molecule has 0 heterocycles. The standard InChI is InChI=1S/C23H30BrN3O4S/c1-17(22(29)25-23(2,3)4)26(15-18-11-7-6-8-12-18)21(28)16-27(32(5,30)31)20-14-10-9-13-19(20)24/h6-14,17H,15-16H2,1-5H3,(H,25,29)/t17-/m0/s1. The highest BCUT2D eigenvalue weighted by Crippen LogP contribution is 2.28. The summed E-state index contributed by atoms with van der Waals surface area (Å²) in [5.74, 6) is -0.792. The van der Waals surface area contributed by atoms with Crippen molar-refractivity contribution in [1.82, 2.24) is 10.2 Å². The zero-order valence-corrected chi connectivity index (χ0v) is 21.4. The summed E-state index contributed by atoms with van der Waals surface area (Å²) >= 11 is 3.36. The monoisotopic (exact) mass is 523 g/mol. The molecule has 0 bridgehead atoms. The van der Waals surface area contributed by atoms with Gasteiger partial charge in [0.1, 0.15) is 12.6 Å². The fourth-order valence-corrected chi connectivity index (χ4v) is 4.56. The van der Waals surface area contributed by atoms with Crippen molar-refractivity contribution in [3.05, 3.63) is 64.6 Å². The quantitative estimate of drug-likeness (QED) is 0.573. The Morgan fingerprint density at radius 2 is 1.59 bits per heavy atom. The van der Waals surface area contributed by atoms with E-state index < -0.39 is 34.1 Å². The largest absolute Gasteiger partial charge is 0.350 e. The molecule has 9 heteroatoms. The summed E-state index contributed by atoms with van der Waals surface area (Å²) in [7, 11) is -3.76. The van der Waals surface area contributed by atoms with E-state index >= 15 is 0 Å². The number of nitrogens with one attached hydrogen (secondary N) is 1. The van der Waals surface area contributed by atoms with Crippen LogP contribution in [0.2, 0.25) is 0 Å². The summed E-state index contributed by atoms with van der Waals surface area (Å²) in [5.41, 5.74) is 0.721. The summed E-state index contributed by atoms with van der Waals surface area (Å²) in [6.07, 6.45) is 1.05. The van der Waals surface area contributed by atoms with Gasteiger partial charge in [0, 0.05) is 16.6 Å². The summed E-state index contributed by atoms with van der Waals surface area (Å²) in [5, 5.41) is 2.89. The fourth-order valence-electron chi connectivity index (χ4n) is 3.09. The molecular formula is C23H30BrN3O4S. The Labute approximate surface area is 199 Å². The molecule has 0 saturated heterocycles. The van der Waals surface area contributed by atoms with Gasteiger partial charge >= 0.3 is 0 Å². The van der Waals surface area contributed by atoms with E-state index in [-0.39, 0.29) is 12.5 Å². The van der Waals surface area contributed by atoms with E-state index in [9.17, 15) is 18.0 Å². The first-order chi connectivity index (χ1) is 14.8. The minimum absolute atomic E-state index is 0.173. The Bertz CT molecular complexity index is 1050. The van der Waals surface area contributed by atoms with Gasteiger partial charge in [-0.05, 0) is 61.3 Å². The maximum Gasteiger partial charge on any atom is 0.244 e. The van der Waals surface area contributed by atoms with Crippen molar-refractivity contribution in [3.63, 3.8) is 0 Å². The van der Waals surface area contributed by atoms with Crippen LogP contribution in [-0.2, 0) is 26.2 Å². The van der Waals surface area contributed by atoms with E-state index in [1.807, 2.05) is 51.1 Å². The van der Waals surface area contributed by atoms with Crippen LogP contribution in [0.15, 0.2) is 59.1 Å². The van der Waals surface area contributed by atoms with Crippen LogP contribution in [0.3, 0.4) is 0 Å². The molecule has 0 fully saturated rings. The van der Waals surface area contributed by atoms with Crippen molar-refractivity contribution in [2.45, 2.75) is 45.8 Å². The van der Waals surface area contributed by atoms with Gasteiger partial charge in [0.2, 0.25) is 21.8 Å². The Kier molecular flexibility index (Phi) is 8.47. The molecule has 32 heavy (non-hydrogen) atoms. The number of benzene rings is 2. The van der Waals surface area contributed by atoms with Crippen molar-refractivity contribution in [3.8, 4) is 0 Å². The van der Waals surface area contributed by atoms with Crippen molar-refractivity contribution in [2.24, 2.45) is 0 Å². The number of carbonyl (C=O) groups is 2. The number of para-hydroxylation sites is 1. The first kappa shape index (κ1) is 25.9. The number of halogens is 1. The maximum atomic E-state index is 13.4. The molecule has 0 spiro atoms. The average molecular weight is 524 g/mol. The molecule has 2 amide bonds. The Morgan fingerprint density at radius 1 is 1.03 bits per heavy atom. The number of nitrogens with zero attached hydrogens (tertiary/aromatic N) is 2. The van der Waals surface area contributed by atoms with Crippen molar-refractivity contribution >= 4 is 43.5 Å². The van der Waals surface area contributed by atoms with E-state index in [0.29, 0.717) is 10.2 Å². The van der Waals surface area contributed by atoms with Crippen LogP contribution in [-0.4, -0.2) is 49.5 Å². The predicted molar refractivity (Wildman–Crippen MR) is 131 cm³/mol. The second kappa shape index (κ2) is 10.5. The molecule has 2 rings (SSSR count). The van der Waals surface area contributed by atoms with Gasteiger partial charge in [0.15, 0.2) is 0 Å². The van der Waals surface area contributed by atoms with Crippen molar-refractivity contribution in [2.75, 3.05) is 17.1 Å². The molecular weight excluding hydrogens is 494 g/mol. The molecule has 0 saturated carbocycles. The summed E-state index contributed by atoms with van der Waals surface area (Å²) in [6.45, 7) is 6.97. The molecule has 1 atom stereocenters. The van der Waals surface area contributed by atoms with E-state index in [2.05, 4.69) is 21.2 Å². The third-order valence-corrected chi connectivity index (χ3v) is 6.46. The number of carbonyl (C=O) groups excluding carboxylic acids is 2. The number of hydrogen-bond acceptors (Lipinski definition) is 4. The minimum Gasteiger partial charge on any atom is -0.350 e. The van der Waals surface area contributed by atoms with E-state index in [1.54, 1.807) is 31.2 Å². The average Bonchev–Trinajstić information content (AvgIpc) is 2.69. The van der Waals surface area contributed by atoms with Crippen LogP contribution in [0.4, 0.5) is 5.69 Å². The van der Waals surface area contributed by atoms with E-state index in [1.165, 1.54) is 4.90 Å². The SMILES string of the molecule is C[C@@H](C(=O)NC(C)(C)C)N(Cc1ccccc1)C(=O)CN(c1ccccc1Br)S(C)(=O)=O. The van der Waals surface area contributed by atoms with Crippen LogP contribution in [0, 0.1) is 0 Å². The number of hydrogen-bond donors (Lipinski definition) is 1. The highest BCUT2D eigenvalue weighted by Gasteiger charge is 2.31. The van der Waals surface area contributed by atoms with Gasteiger partial charge in [0.25, 0.3) is 0 Å². The van der Waals surface area contributed by atoms with Gasteiger partial charge < -0.3 is 10.2 Å². The van der Waals surface area contributed by atoms with E-state index in [4.69, 9.17) is 0 Å². The molecule has 2 aromatic rings. The second-order valence-corrected chi connectivity index (χ2v) is 11.4. The molecule has 7 nitrogen and oxygen atoms in total. The molecule has 0 aliphatic rings. The van der Waals surface area contributed by atoms with Crippen LogP contribution in [0.5, 0.6) is 0 Å². The number of amides is 2. The molecule has 0 aliphatic heterocycles. The molecule has 0 unspecified atom stereocenters.